The average molecular weight is 651 g/mol. The highest BCUT2D eigenvalue weighted by molar-refractivity contribution is 7.26. The van der Waals surface area contributed by atoms with Crippen molar-refractivity contribution in [3.8, 4) is 33.4 Å². The minimum absolute atomic E-state index is 0.210. The molecule has 0 nitrogen and oxygen atoms in total. The molecule has 0 saturated heterocycles. The third-order valence-corrected chi connectivity index (χ3v) is 12.6. The molecule has 1 heterocycles. The molecule has 0 bridgehead atoms. The Hall–Kier alpha value is -4.95. The summed E-state index contributed by atoms with van der Waals surface area (Å²) in [6, 6.07) is 56.4. The molecule has 0 aliphatic heterocycles. The zero-order chi connectivity index (χ0) is 32.2. The maximum Gasteiger partial charge on any atom is 0.0716 e. The first kappa shape index (κ1) is 28.1. The highest BCUT2D eigenvalue weighted by Crippen LogP contribution is 2.62. The summed E-state index contributed by atoms with van der Waals surface area (Å²) in [7, 11) is 0. The zero-order valence-corrected chi connectivity index (χ0v) is 28.3. The van der Waals surface area contributed by atoms with Gasteiger partial charge in [-0.2, -0.15) is 0 Å². The lowest BCUT2D eigenvalue weighted by Crippen LogP contribution is -2.32. The van der Waals surface area contributed by atoms with E-state index in [1.165, 1.54) is 82.2 Å². The van der Waals surface area contributed by atoms with Crippen LogP contribution in [0.25, 0.3) is 53.6 Å². The van der Waals surface area contributed by atoms with Gasteiger partial charge >= 0.3 is 0 Å². The Labute approximate surface area is 289 Å². The first-order valence-corrected chi connectivity index (χ1v) is 17.8. The molecule has 0 spiro atoms. The molecule has 0 amide bonds. The van der Waals surface area contributed by atoms with Crippen LogP contribution in [0.1, 0.15) is 47.2 Å². The number of fused-ring (bicyclic) bond motifs is 9. The van der Waals surface area contributed by atoms with E-state index in [4.69, 9.17) is 11.6 Å². The Bertz CT molecular complexity index is 2560. The summed E-state index contributed by atoms with van der Waals surface area (Å²) in [5.74, 6) is 0. The molecule has 10 rings (SSSR count). The van der Waals surface area contributed by atoms with Gasteiger partial charge in [-0.25, -0.2) is 0 Å². The van der Waals surface area contributed by atoms with Crippen LogP contribution >= 0.6 is 22.9 Å². The van der Waals surface area contributed by atoms with Crippen molar-refractivity contribution < 1.29 is 0 Å². The van der Waals surface area contributed by atoms with Crippen LogP contribution < -0.4 is 0 Å². The first-order chi connectivity index (χ1) is 23.5. The van der Waals surface area contributed by atoms with Gasteiger partial charge in [-0.05, 0) is 91.0 Å². The summed E-state index contributed by atoms with van der Waals surface area (Å²) in [6.07, 6.45) is 0. The second-order valence-corrected chi connectivity index (χ2v) is 15.2. The van der Waals surface area contributed by atoms with Crippen molar-refractivity contribution in [3.05, 3.63) is 190 Å². The fourth-order valence-corrected chi connectivity index (χ4v) is 10.5. The van der Waals surface area contributed by atoms with Gasteiger partial charge in [-0.15, -0.1) is 11.3 Å². The van der Waals surface area contributed by atoms with E-state index in [-0.39, 0.29) is 5.41 Å². The van der Waals surface area contributed by atoms with E-state index < -0.39 is 5.41 Å². The van der Waals surface area contributed by atoms with E-state index in [0.717, 1.165) is 9.72 Å². The summed E-state index contributed by atoms with van der Waals surface area (Å²) in [5, 5.41) is 3.30. The third-order valence-electron chi connectivity index (χ3n) is 11.0. The van der Waals surface area contributed by atoms with E-state index in [0.29, 0.717) is 0 Å². The maximum absolute atomic E-state index is 6.95. The molecule has 48 heavy (non-hydrogen) atoms. The van der Waals surface area contributed by atoms with Crippen molar-refractivity contribution in [2.24, 2.45) is 0 Å². The molecular weight excluding hydrogens is 620 g/mol. The third kappa shape index (κ3) is 3.56. The highest BCUT2D eigenvalue weighted by atomic mass is 35.5. The summed E-state index contributed by atoms with van der Waals surface area (Å²) in [4.78, 5) is 0. The first-order valence-electron chi connectivity index (χ1n) is 16.6. The second kappa shape index (κ2) is 10.0. The van der Waals surface area contributed by atoms with Gasteiger partial charge in [-0.3, -0.25) is 0 Å². The van der Waals surface area contributed by atoms with E-state index in [9.17, 15) is 0 Å². The summed E-state index contributed by atoms with van der Waals surface area (Å²) in [5.41, 5.74) is 15.1. The fourth-order valence-electron chi connectivity index (χ4n) is 9.09. The number of benzene rings is 7. The lowest BCUT2D eigenvalue weighted by atomic mass is 9.63. The maximum atomic E-state index is 6.95. The van der Waals surface area contributed by atoms with Crippen LogP contribution in [0.3, 0.4) is 0 Å². The smallest absolute Gasteiger partial charge is 0.0716 e. The molecule has 228 valence electrons. The number of rotatable bonds is 3. The van der Waals surface area contributed by atoms with Crippen LogP contribution in [0.4, 0.5) is 0 Å². The van der Waals surface area contributed by atoms with Gasteiger partial charge in [0.2, 0.25) is 0 Å². The molecule has 8 aromatic rings. The van der Waals surface area contributed by atoms with E-state index in [2.05, 4.69) is 166 Å². The molecule has 2 aliphatic rings. The van der Waals surface area contributed by atoms with Crippen molar-refractivity contribution in [1.82, 2.24) is 0 Å². The number of halogens is 1. The fraction of sp³-hybridized carbons (Fsp3) is 0.0870. The molecule has 0 atom stereocenters. The van der Waals surface area contributed by atoms with Crippen molar-refractivity contribution in [3.63, 3.8) is 0 Å². The van der Waals surface area contributed by atoms with E-state index in [1.54, 1.807) is 11.3 Å². The Kier molecular flexibility index (Phi) is 5.87. The zero-order valence-electron chi connectivity index (χ0n) is 26.7. The Morgan fingerprint density at radius 1 is 0.500 bits per heavy atom. The van der Waals surface area contributed by atoms with E-state index in [1.807, 2.05) is 0 Å². The Morgan fingerprint density at radius 2 is 1.08 bits per heavy atom. The van der Waals surface area contributed by atoms with Gasteiger partial charge in [0.05, 0.1) is 15.1 Å². The molecule has 0 saturated carbocycles. The van der Waals surface area contributed by atoms with Gasteiger partial charge < -0.3 is 0 Å². The van der Waals surface area contributed by atoms with Gasteiger partial charge in [0.25, 0.3) is 0 Å². The largest absolute Gasteiger partial charge is 0.134 e. The molecule has 0 N–H and O–H groups in total. The van der Waals surface area contributed by atoms with Crippen LogP contribution in [0.15, 0.2) is 152 Å². The number of thiophene rings is 1. The summed E-state index contributed by atoms with van der Waals surface area (Å²) < 4.78 is 2.40. The summed E-state index contributed by atoms with van der Waals surface area (Å²) >= 11 is 8.73. The van der Waals surface area contributed by atoms with Crippen LogP contribution in [0, 0.1) is 0 Å². The standard InChI is InChI=1S/C46H31ClS/c1-45(2)36-20-10-6-18-33(36)35-26-28(30-24-25-40(47)44-42(30)34-19-9-13-23-41(34)48-44)27-39(43(35)45)46(29-14-4-3-5-15-29)37-21-11-7-16-31(37)32-17-8-12-22-38(32)46/h3-27H,1-2H3. The average Bonchev–Trinajstić information content (AvgIpc) is 3.74. The van der Waals surface area contributed by atoms with Crippen LogP contribution in [0.2, 0.25) is 5.02 Å². The van der Waals surface area contributed by atoms with Crippen molar-refractivity contribution in [2.45, 2.75) is 24.7 Å². The van der Waals surface area contributed by atoms with Crippen molar-refractivity contribution in [2.75, 3.05) is 0 Å². The quantitative estimate of drug-likeness (QED) is 0.178. The van der Waals surface area contributed by atoms with Crippen molar-refractivity contribution >= 4 is 43.1 Å². The molecule has 2 heteroatoms. The lowest BCUT2D eigenvalue weighted by Gasteiger charge is -2.38. The molecule has 0 radical (unpaired) electrons. The minimum atomic E-state index is -0.518. The van der Waals surface area contributed by atoms with E-state index >= 15 is 0 Å². The minimum Gasteiger partial charge on any atom is -0.134 e. The van der Waals surface area contributed by atoms with Gasteiger partial charge in [0.1, 0.15) is 0 Å². The monoisotopic (exact) mass is 650 g/mol. The Morgan fingerprint density at radius 3 is 1.79 bits per heavy atom. The predicted octanol–water partition coefficient (Wildman–Crippen LogP) is 13.0. The van der Waals surface area contributed by atoms with Crippen LogP contribution in [-0.2, 0) is 10.8 Å². The van der Waals surface area contributed by atoms with Gasteiger partial charge in [0.15, 0.2) is 0 Å². The molecule has 7 aromatic carbocycles. The van der Waals surface area contributed by atoms with Crippen LogP contribution in [-0.4, -0.2) is 0 Å². The summed E-state index contributed by atoms with van der Waals surface area (Å²) in [6.45, 7) is 4.83. The number of hydrogen-bond donors (Lipinski definition) is 0. The molecule has 0 fully saturated rings. The van der Waals surface area contributed by atoms with Gasteiger partial charge in [0, 0.05) is 20.9 Å². The van der Waals surface area contributed by atoms with Gasteiger partial charge in [-0.1, -0.05) is 153 Å². The number of hydrogen-bond acceptors (Lipinski definition) is 1. The molecule has 1 aromatic heterocycles. The predicted molar refractivity (Wildman–Crippen MR) is 205 cm³/mol. The lowest BCUT2D eigenvalue weighted by molar-refractivity contribution is 0.631. The SMILES string of the molecule is CC1(C)c2ccccc2-c2cc(-c3ccc(Cl)c4sc5ccccc5c34)cc(C3(c4ccccc4)c4ccccc4-c4ccccc43)c21. The highest BCUT2D eigenvalue weighted by Gasteiger charge is 2.50. The normalized spacial score (nSPS) is 14.9. The molecular formula is C46H31ClS. The topological polar surface area (TPSA) is 0 Å². The van der Waals surface area contributed by atoms with Crippen molar-refractivity contribution in [1.29, 1.82) is 0 Å². The van der Waals surface area contributed by atoms with Crippen LogP contribution in [0.5, 0.6) is 0 Å². The molecule has 0 unspecified atom stereocenters. The molecule has 2 aliphatic carbocycles. The Balaban J connectivity index is 1.42. The second-order valence-electron chi connectivity index (χ2n) is 13.7.